The molecule has 1 aliphatic rings. The number of hydrogen-bond acceptors (Lipinski definition) is 6. The zero-order valence-corrected chi connectivity index (χ0v) is 17.6. The van der Waals surface area contributed by atoms with Crippen LogP contribution in [0.2, 0.25) is 0 Å². The number of aromatic nitrogens is 1. The first-order valence-electron chi connectivity index (χ1n) is 9.60. The third-order valence-electron chi connectivity index (χ3n) is 4.74. The van der Waals surface area contributed by atoms with Crippen LogP contribution in [0, 0.1) is 0 Å². The van der Waals surface area contributed by atoms with Crippen molar-refractivity contribution in [3.8, 4) is 0 Å². The Morgan fingerprint density at radius 3 is 2.75 bits per heavy atom. The number of rotatable bonds is 5. The van der Waals surface area contributed by atoms with E-state index >= 15 is 0 Å². The fourth-order valence-electron chi connectivity index (χ4n) is 3.06. The minimum Gasteiger partial charge on any atom is -0.444 e. The van der Waals surface area contributed by atoms with Gasteiger partial charge >= 0.3 is 0 Å². The lowest BCUT2D eigenvalue weighted by atomic mass is 9.94. The summed E-state index contributed by atoms with van der Waals surface area (Å²) < 4.78 is 5.89. The normalized spacial score (nSPS) is 16.0. The Hall–Kier alpha value is -2.19. The number of thiophene rings is 1. The van der Waals surface area contributed by atoms with Gasteiger partial charge in [-0.1, -0.05) is 26.8 Å². The van der Waals surface area contributed by atoms with Crippen LogP contribution in [0.15, 0.2) is 28.1 Å². The van der Waals surface area contributed by atoms with Gasteiger partial charge in [0.1, 0.15) is 5.76 Å². The molecule has 0 radical (unpaired) electrons. The minimum absolute atomic E-state index is 0.0332. The fraction of sp³-hybridized carbons (Fsp3) is 0.550. The molecule has 152 valence electrons. The SMILES string of the molecule is CC(C)(C)c1cnc(CN2CCCN(C(=O)CNC(=O)c3cccs3)CC2)o1. The van der Waals surface area contributed by atoms with Crippen molar-refractivity contribution in [3.63, 3.8) is 0 Å². The molecule has 0 spiro atoms. The molecule has 2 amide bonds. The Morgan fingerprint density at radius 1 is 1.25 bits per heavy atom. The molecule has 8 heteroatoms. The Bertz CT molecular complexity index is 795. The molecule has 0 aliphatic carbocycles. The standard InChI is InChI=1S/C20H28N4O3S/c1-20(2,3)16-12-21-17(27-16)14-23-7-5-8-24(10-9-23)18(25)13-22-19(26)15-6-4-11-28-15/h4,6,11-12H,5,7-10,13-14H2,1-3H3,(H,22,26). The van der Waals surface area contributed by atoms with Gasteiger partial charge in [-0.05, 0) is 17.9 Å². The molecule has 0 bridgehead atoms. The molecule has 1 saturated heterocycles. The molecule has 0 unspecified atom stereocenters. The monoisotopic (exact) mass is 404 g/mol. The maximum Gasteiger partial charge on any atom is 0.261 e. The molecule has 3 rings (SSSR count). The van der Waals surface area contributed by atoms with E-state index < -0.39 is 0 Å². The van der Waals surface area contributed by atoms with E-state index in [9.17, 15) is 9.59 Å². The van der Waals surface area contributed by atoms with Crippen LogP contribution >= 0.6 is 11.3 Å². The lowest BCUT2D eigenvalue weighted by Crippen LogP contribution is -2.41. The maximum absolute atomic E-state index is 12.5. The van der Waals surface area contributed by atoms with Gasteiger partial charge in [-0.3, -0.25) is 14.5 Å². The predicted molar refractivity (Wildman–Crippen MR) is 108 cm³/mol. The average Bonchev–Trinajstić information content (AvgIpc) is 3.28. The van der Waals surface area contributed by atoms with Gasteiger partial charge in [0, 0.05) is 31.6 Å². The zero-order valence-electron chi connectivity index (χ0n) is 16.7. The molecule has 0 atom stereocenters. The highest BCUT2D eigenvalue weighted by molar-refractivity contribution is 7.12. The van der Waals surface area contributed by atoms with Crippen LogP contribution in [0.5, 0.6) is 0 Å². The van der Waals surface area contributed by atoms with E-state index in [1.54, 1.807) is 12.3 Å². The topological polar surface area (TPSA) is 78.7 Å². The number of amides is 2. The number of nitrogens with one attached hydrogen (secondary N) is 1. The van der Waals surface area contributed by atoms with Crippen molar-refractivity contribution in [1.29, 1.82) is 0 Å². The van der Waals surface area contributed by atoms with Crippen LogP contribution in [-0.2, 0) is 16.8 Å². The second kappa shape index (κ2) is 8.87. The van der Waals surface area contributed by atoms with Crippen molar-refractivity contribution >= 4 is 23.2 Å². The molecule has 2 aromatic heterocycles. The summed E-state index contributed by atoms with van der Waals surface area (Å²) in [5.74, 6) is 1.36. The van der Waals surface area contributed by atoms with Gasteiger partial charge in [0.15, 0.2) is 0 Å². The Balaban J connectivity index is 1.47. The summed E-state index contributed by atoms with van der Waals surface area (Å²) in [6.45, 7) is 9.97. The van der Waals surface area contributed by atoms with E-state index in [-0.39, 0.29) is 23.8 Å². The fourth-order valence-corrected chi connectivity index (χ4v) is 3.70. The van der Waals surface area contributed by atoms with Gasteiger partial charge in [-0.15, -0.1) is 11.3 Å². The molecular formula is C20H28N4O3S. The van der Waals surface area contributed by atoms with Gasteiger partial charge in [0.05, 0.1) is 24.2 Å². The van der Waals surface area contributed by atoms with Crippen LogP contribution in [0.1, 0.15) is 48.5 Å². The number of carbonyl (C=O) groups excluding carboxylic acids is 2. The van der Waals surface area contributed by atoms with Gasteiger partial charge in [-0.25, -0.2) is 4.98 Å². The molecule has 1 aliphatic heterocycles. The van der Waals surface area contributed by atoms with E-state index in [1.807, 2.05) is 16.3 Å². The Morgan fingerprint density at radius 2 is 2.07 bits per heavy atom. The van der Waals surface area contributed by atoms with Crippen LogP contribution in [0.25, 0.3) is 0 Å². The lowest BCUT2D eigenvalue weighted by molar-refractivity contribution is -0.130. The average molecular weight is 405 g/mol. The summed E-state index contributed by atoms with van der Waals surface area (Å²) in [7, 11) is 0. The van der Waals surface area contributed by atoms with E-state index in [4.69, 9.17) is 4.42 Å². The van der Waals surface area contributed by atoms with Crippen molar-refractivity contribution < 1.29 is 14.0 Å². The van der Waals surface area contributed by atoms with E-state index in [0.717, 1.165) is 25.3 Å². The van der Waals surface area contributed by atoms with E-state index in [2.05, 4.69) is 36.0 Å². The van der Waals surface area contributed by atoms with Crippen molar-refractivity contribution in [2.45, 2.75) is 39.2 Å². The molecule has 0 aromatic carbocycles. The first-order valence-corrected chi connectivity index (χ1v) is 10.5. The number of carbonyl (C=O) groups is 2. The molecule has 1 N–H and O–H groups in total. The summed E-state index contributed by atoms with van der Waals surface area (Å²) in [5.41, 5.74) is -0.0548. The summed E-state index contributed by atoms with van der Waals surface area (Å²) in [6, 6.07) is 3.57. The van der Waals surface area contributed by atoms with Crippen molar-refractivity contribution in [2.24, 2.45) is 0 Å². The predicted octanol–water partition coefficient (Wildman–Crippen LogP) is 2.50. The first kappa shape index (κ1) is 20.5. The second-order valence-corrected chi connectivity index (χ2v) is 8.99. The van der Waals surface area contributed by atoms with Gasteiger partial charge in [-0.2, -0.15) is 0 Å². The van der Waals surface area contributed by atoms with E-state index in [0.29, 0.717) is 30.4 Å². The summed E-state index contributed by atoms with van der Waals surface area (Å²) in [5, 5.41) is 4.56. The molecule has 7 nitrogen and oxygen atoms in total. The smallest absolute Gasteiger partial charge is 0.261 e. The second-order valence-electron chi connectivity index (χ2n) is 8.04. The zero-order chi connectivity index (χ0) is 20.1. The number of hydrogen-bond donors (Lipinski definition) is 1. The summed E-state index contributed by atoms with van der Waals surface area (Å²) in [4.78, 5) is 33.6. The molecule has 28 heavy (non-hydrogen) atoms. The highest BCUT2D eigenvalue weighted by Crippen LogP contribution is 2.23. The molecule has 2 aromatic rings. The van der Waals surface area contributed by atoms with Crippen LogP contribution < -0.4 is 5.32 Å². The Kier molecular flexibility index (Phi) is 6.51. The third kappa shape index (κ3) is 5.42. The molecule has 0 saturated carbocycles. The Labute approximate surface area is 169 Å². The maximum atomic E-state index is 12.5. The molecular weight excluding hydrogens is 376 g/mol. The molecule has 1 fully saturated rings. The highest BCUT2D eigenvalue weighted by Gasteiger charge is 2.23. The number of oxazole rings is 1. The van der Waals surface area contributed by atoms with E-state index in [1.165, 1.54) is 11.3 Å². The third-order valence-corrected chi connectivity index (χ3v) is 5.61. The number of nitrogens with zero attached hydrogens (tertiary/aromatic N) is 3. The van der Waals surface area contributed by atoms with Crippen molar-refractivity contribution in [3.05, 3.63) is 40.2 Å². The van der Waals surface area contributed by atoms with Crippen LogP contribution in [0.4, 0.5) is 0 Å². The first-order chi connectivity index (χ1) is 13.3. The van der Waals surface area contributed by atoms with Crippen molar-refractivity contribution in [1.82, 2.24) is 20.1 Å². The van der Waals surface area contributed by atoms with Gasteiger partial charge < -0.3 is 14.6 Å². The highest BCUT2D eigenvalue weighted by atomic mass is 32.1. The van der Waals surface area contributed by atoms with Crippen LogP contribution in [0.3, 0.4) is 0 Å². The van der Waals surface area contributed by atoms with Gasteiger partial charge in [0.2, 0.25) is 11.8 Å². The summed E-state index contributed by atoms with van der Waals surface area (Å²) >= 11 is 1.37. The van der Waals surface area contributed by atoms with Crippen molar-refractivity contribution in [2.75, 3.05) is 32.7 Å². The summed E-state index contributed by atoms with van der Waals surface area (Å²) in [6.07, 6.45) is 2.69. The lowest BCUT2D eigenvalue weighted by Gasteiger charge is -2.21. The quantitative estimate of drug-likeness (QED) is 0.828. The molecule has 3 heterocycles. The largest absolute Gasteiger partial charge is 0.444 e. The van der Waals surface area contributed by atoms with Crippen LogP contribution in [-0.4, -0.2) is 59.3 Å². The minimum atomic E-state index is -0.196. The van der Waals surface area contributed by atoms with Gasteiger partial charge in [0.25, 0.3) is 5.91 Å².